The van der Waals surface area contributed by atoms with Crippen molar-refractivity contribution in [3.8, 4) is 0 Å². The van der Waals surface area contributed by atoms with Crippen LogP contribution in [-0.4, -0.2) is 97.2 Å². The number of hydrogen-bond acceptors (Lipinski definition) is 10. The van der Waals surface area contributed by atoms with E-state index in [9.17, 15) is 28.8 Å². The lowest BCUT2D eigenvalue weighted by atomic mass is 10.0. The molecule has 0 aromatic heterocycles. The van der Waals surface area contributed by atoms with Crippen LogP contribution in [0.1, 0.15) is 41.0 Å². The number of rotatable bonds is 18. The maximum atomic E-state index is 12.4. The van der Waals surface area contributed by atoms with Gasteiger partial charge in [-0.15, -0.1) is 0 Å². The van der Waals surface area contributed by atoms with E-state index in [1.165, 1.54) is 21.6 Å². The molecule has 13 nitrogen and oxygen atoms in total. The minimum Gasteiger partial charge on any atom is -0.368 e. The fourth-order valence-corrected chi connectivity index (χ4v) is 5.85. The van der Waals surface area contributed by atoms with E-state index in [-0.39, 0.29) is 12.5 Å². The summed E-state index contributed by atoms with van der Waals surface area (Å²) in [7, 11) is 5.96. The van der Waals surface area contributed by atoms with Crippen molar-refractivity contribution in [2.75, 3.05) is 33.7 Å². The van der Waals surface area contributed by atoms with Gasteiger partial charge in [-0.05, 0) is 48.2 Å². The zero-order chi connectivity index (χ0) is 28.8. The van der Waals surface area contributed by atoms with E-state index in [2.05, 4.69) is 31.9 Å². The predicted octanol–water partition coefficient (Wildman–Crippen LogP) is -1.97. The first kappa shape index (κ1) is 34.6. The van der Waals surface area contributed by atoms with Gasteiger partial charge in [0.25, 0.3) is 0 Å². The summed E-state index contributed by atoms with van der Waals surface area (Å²) in [4.78, 5) is 71.9. The molecule has 3 atom stereocenters. The van der Waals surface area contributed by atoms with Crippen molar-refractivity contribution in [1.29, 1.82) is 0 Å². The molecule has 0 rings (SSSR count). The second-order valence-corrected chi connectivity index (χ2v) is 12.7. The summed E-state index contributed by atoms with van der Waals surface area (Å²) in [6.45, 7) is 8.14. The molecule has 0 spiro atoms. The molecule has 0 aromatic rings. The van der Waals surface area contributed by atoms with Crippen molar-refractivity contribution in [2.24, 2.45) is 5.73 Å². The van der Waals surface area contributed by atoms with Crippen LogP contribution < -0.4 is 37.6 Å². The van der Waals surface area contributed by atoms with Gasteiger partial charge in [0, 0.05) is 9.49 Å². The van der Waals surface area contributed by atoms with Crippen LogP contribution in [0, 0.1) is 0 Å². The molecule has 0 fully saturated rings. The van der Waals surface area contributed by atoms with Gasteiger partial charge in [-0.2, -0.15) is 0 Å². The highest BCUT2D eigenvalue weighted by atomic mass is 33.1. The fraction of sp³-hybridized carbons (Fsp3) is 0.727. The van der Waals surface area contributed by atoms with Crippen LogP contribution in [0.3, 0.4) is 0 Å². The third-order valence-corrected chi connectivity index (χ3v) is 9.48. The molecule has 5 amide bonds. The Morgan fingerprint density at radius 3 is 1.86 bits per heavy atom. The van der Waals surface area contributed by atoms with E-state index in [4.69, 9.17) is 5.73 Å². The molecule has 0 saturated heterocycles. The van der Waals surface area contributed by atoms with E-state index in [0.29, 0.717) is 6.42 Å². The van der Waals surface area contributed by atoms with E-state index < -0.39 is 64.3 Å². The average molecular weight is 564 g/mol. The largest absolute Gasteiger partial charge is 0.368 e. The maximum absolute atomic E-state index is 12.4. The molecule has 0 heterocycles. The highest BCUT2D eigenvalue weighted by molar-refractivity contribution is 8.77. The Balaban J connectivity index is 4.85. The molecule has 2 unspecified atom stereocenters. The number of likely N-dealkylation sites (N-methyl/N-ethyl adjacent to an activating group) is 2. The summed E-state index contributed by atoms with van der Waals surface area (Å²) in [6, 6.07) is -2.30. The lowest BCUT2D eigenvalue weighted by Crippen LogP contribution is -2.57. The number of amides is 5. The quantitative estimate of drug-likeness (QED) is 0.0724. The van der Waals surface area contributed by atoms with Gasteiger partial charge in [0.15, 0.2) is 0 Å². The van der Waals surface area contributed by atoms with Gasteiger partial charge in [-0.1, -0.05) is 28.5 Å². The van der Waals surface area contributed by atoms with Gasteiger partial charge in [0.1, 0.15) is 18.4 Å². The van der Waals surface area contributed by atoms with Crippen LogP contribution in [0.25, 0.3) is 0 Å². The van der Waals surface area contributed by atoms with Crippen molar-refractivity contribution in [2.45, 2.75) is 68.7 Å². The first-order valence-corrected chi connectivity index (χ1v) is 13.9. The van der Waals surface area contributed by atoms with Crippen LogP contribution in [0.15, 0.2) is 0 Å². The Morgan fingerprint density at radius 2 is 1.38 bits per heavy atom. The highest BCUT2D eigenvalue weighted by Crippen LogP contribution is 2.46. The number of nitrogens with one attached hydrogen (secondary N) is 6. The van der Waals surface area contributed by atoms with Crippen LogP contribution in [0.2, 0.25) is 0 Å². The van der Waals surface area contributed by atoms with Crippen molar-refractivity contribution < 1.29 is 28.8 Å². The first-order chi connectivity index (χ1) is 17.1. The summed E-state index contributed by atoms with van der Waals surface area (Å²) in [5, 5.41) is 15.5. The number of primary amides is 1. The molecular weight excluding hydrogens is 522 g/mol. The van der Waals surface area contributed by atoms with Crippen molar-refractivity contribution in [3.63, 3.8) is 0 Å². The Kier molecular flexibility index (Phi) is 15.4. The molecular formula is C22H41N7O6S2. The van der Waals surface area contributed by atoms with Crippen LogP contribution >= 0.6 is 21.6 Å². The van der Waals surface area contributed by atoms with Crippen molar-refractivity contribution >= 4 is 57.4 Å². The summed E-state index contributed by atoms with van der Waals surface area (Å²) in [5.41, 5.74) is 5.54. The monoisotopic (exact) mass is 563 g/mol. The van der Waals surface area contributed by atoms with Crippen LogP contribution in [0.4, 0.5) is 0 Å². The first-order valence-electron chi connectivity index (χ1n) is 11.7. The zero-order valence-electron chi connectivity index (χ0n) is 22.5. The molecule has 15 heteroatoms. The number of nitrogens with two attached hydrogens (primary N) is 1. The fourth-order valence-electron chi connectivity index (χ4n) is 2.98. The molecule has 0 bridgehead atoms. The molecule has 212 valence electrons. The second kappa shape index (κ2) is 16.5. The Bertz CT molecular complexity index is 825. The SMILES string of the molecule is CC[C@H](NC(=O)CNC)C(=O)NCC(=O)NCC(=O)NC(C(N)=O)C(C)(C)SSC(C)(C)C(C=O)NC. The smallest absolute Gasteiger partial charge is 0.243 e. The standard InChI is InChI=1S/C22H41N7O6S2/c1-8-13(28-16(32)9-24-6)20(35)27-10-15(31)26-11-17(33)29-18(19(23)34)22(4,5)37-36-21(2,3)14(12-30)25-7/h12-14,18,24-25H,8-11H2,1-7H3,(H2,23,34)(H,26,31)(H,27,35)(H,28,32)(H,29,33)/t13-,14?,18?/m0/s1. The highest BCUT2D eigenvalue weighted by Gasteiger charge is 2.39. The van der Waals surface area contributed by atoms with Crippen molar-refractivity contribution in [3.05, 3.63) is 0 Å². The maximum Gasteiger partial charge on any atom is 0.243 e. The Hall–Kier alpha value is -2.36. The minimum atomic E-state index is -1.07. The molecule has 37 heavy (non-hydrogen) atoms. The van der Waals surface area contributed by atoms with Gasteiger partial charge < -0.3 is 42.4 Å². The van der Waals surface area contributed by atoms with Gasteiger partial charge >= 0.3 is 0 Å². The molecule has 0 aliphatic heterocycles. The lowest BCUT2D eigenvalue weighted by Gasteiger charge is -2.36. The van der Waals surface area contributed by atoms with E-state index in [1.54, 1.807) is 34.9 Å². The summed E-state index contributed by atoms with van der Waals surface area (Å²) >= 11 is 0. The summed E-state index contributed by atoms with van der Waals surface area (Å²) in [5.74, 6) is -2.92. The van der Waals surface area contributed by atoms with E-state index in [0.717, 1.165) is 6.29 Å². The number of aldehydes is 1. The summed E-state index contributed by atoms with van der Waals surface area (Å²) < 4.78 is -1.37. The molecule has 8 N–H and O–H groups in total. The summed E-state index contributed by atoms with van der Waals surface area (Å²) in [6.07, 6.45) is 1.13. The molecule has 0 aliphatic carbocycles. The number of carbonyl (C=O) groups excluding carboxylic acids is 6. The second-order valence-electron chi connectivity index (χ2n) is 9.23. The minimum absolute atomic E-state index is 0.0483. The van der Waals surface area contributed by atoms with Crippen LogP contribution in [-0.2, 0) is 28.8 Å². The third kappa shape index (κ3) is 12.6. The topological polar surface area (TPSA) is 201 Å². The zero-order valence-corrected chi connectivity index (χ0v) is 24.1. The normalized spacial score (nSPS) is 14.0. The molecule has 0 saturated carbocycles. The van der Waals surface area contributed by atoms with E-state index in [1.807, 2.05) is 13.8 Å². The van der Waals surface area contributed by atoms with Gasteiger partial charge in [0.2, 0.25) is 29.5 Å². The average Bonchev–Trinajstić information content (AvgIpc) is 2.82. The number of carbonyl (C=O) groups is 6. The number of hydrogen-bond donors (Lipinski definition) is 7. The predicted molar refractivity (Wildman–Crippen MR) is 146 cm³/mol. The molecule has 0 aromatic carbocycles. The van der Waals surface area contributed by atoms with Crippen LogP contribution in [0.5, 0.6) is 0 Å². The lowest BCUT2D eigenvalue weighted by molar-refractivity contribution is -0.131. The Labute approximate surface area is 226 Å². The van der Waals surface area contributed by atoms with Gasteiger partial charge in [-0.3, -0.25) is 24.0 Å². The molecule has 0 radical (unpaired) electrons. The Morgan fingerprint density at radius 1 is 0.838 bits per heavy atom. The van der Waals surface area contributed by atoms with Crippen molar-refractivity contribution in [1.82, 2.24) is 31.9 Å². The van der Waals surface area contributed by atoms with Gasteiger partial charge in [-0.25, -0.2) is 0 Å². The third-order valence-electron chi connectivity index (χ3n) is 5.22. The van der Waals surface area contributed by atoms with E-state index >= 15 is 0 Å². The van der Waals surface area contributed by atoms with Gasteiger partial charge in [0.05, 0.1) is 25.7 Å². The molecule has 0 aliphatic rings.